The Morgan fingerprint density at radius 2 is 1.50 bits per heavy atom. The van der Waals surface area contributed by atoms with Crippen LogP contribution in [-0.4, -0.2) is 30.2 Å². The first-order valence-corrected chi connectivity index (χ1v) is 7.96. The first kappa shape index (κ1) is 17.6. The van der Waals surface area contributed by atoms with Crippen molar-refractivity contribution in [3.8, 4) is 17.4 Å². The predicted molar refractivity (Wildman–Crippen MR) is 93.7 cm³/mol. The van der Waals surface area contributed by atoms with Gasteiger partial charge in [0.15, 0.2) is 0 Å². The zero-order chi connectivity index (χ0) is 18.4. The molecule has 0 unspecified atom stereocenters. The average Bonchev–Trinajstić information content (AvgIpc) is 2.65. The first-order valence-electron chi connectivity index (χ1n) is 7.96. The molecule has 7 heteroatoms. The highest BCUT2D eigenvalue weighted by Crippen LogP contribution is 2.20. The molecule has 0 atom stereocenters. The number of anilines is 1. The zero-order valence-electron chi connectivity index (χ0n) is 14.1. The lowest BCUT2D eigenvalue weighted by Crippen LogP contribution is -2.25. The Morgan fingerprint density at radius 1 is 0.885 bits per heavy atom. The van der Waals surface area contributed by atoms with Gasteiger partial charge in [0.2, 0.25) is 11.8 Å². The van der Waals surface area contributed by atoms with E-state index in [0.29, 0.717) is 36.5 Å². The molecule has 0 saturated carbocycles. The number of nitrogens with zero attached hydrogens (tertiary/aromatic N) is 3. The Kier molecular flexibility index (Phi) is 5.58. The molecule has 2 aromatic carbocycles. The third kappa shape index (κ3) is 4.89. The van der Waals surface area contributed by atoms with Crippen LogP contribution in [0, 0.1) is 11.6 Å². The maximum atomic E-state index is 12.9. The van der Waals surface area contributed by atoms with E-state index in [9.17, 15) is 8.78 Å². The minimum atomic E-state index is -0.332. The van der Waals surface area contributed by atoms with E-state index < -0.39 is 0 Å². The number of halogens is 2. The number of benzene rings is 2. The SMILES string of the molecule is CN(CCOc1ccc(F)cc1)c1nccc(Oc2ccc(F)cc2)n1. The molecule has 134 valence electrons. The van der Waals surface area contributed by atoms with Gasteiger partial charge in [0.1, 0.15) is 29.7 Å². The minimum Gasteiger partial charge on any atom is -0.492 e. The van der Waals surface area contributed by atoms with Gasteiger partial charge in [-0.1, -0.05) is 0 Å². The van der Waals surface area contributed by atoms with Crippen molar-refractivity contribution < 1.29 is 18.3 Å². The molecule has 0 aliphatic heterocycles. The van der Waals surface area contributed by atoms with Crippen molar-refractivity contribution in [1.82, 2.24) is 9.97 Å². The zero-order valence-corrected chi connectivity index (χ0v) is 14.1. The normalized spacial score (nSPS) is 10.4. The highest BCUT2D eigenvalue weighted by Gasteiger charge is 2.07. The van der Waals surface area contributed by atoms with E-state index >= 15 is 0 Å². The molecular formula is C19H17F2N3O2. The fourth-order valence-electron chi connectivity index (χ4n) is 2.13. The fraction of sp³-hybridized carbons (Fsp3) is 0.158. The average molecular weight is 357 g/mol. The van der Waals surface area contributed by atoms with Crippen molar-refractivity contribution in [2.24, 2.45) is 0 Å². The van der Waals surface area contributed by atoms with Crippen LogP contribution < -0.4 is 14.4 Å². The number of aromatic nitrogens is 2. The van der Waals surface area contributed by atoms with Gasteiger partial charge < -0.3 is 14.4 Å². The van der Waals surface area contributed by atoms with E-state index in [4.69, 9.17) is 9.47 Å². The molecule has 26 heavy (non-hydrogen) atoms. The van der Waals surface area contributed by atoms with E-state index in [1.807, 2.05) is 7.05 Å². The molecule has 0 fully saturated rings. The van der Waals surface area contributed by atoms with E-state index in [2.05, 4.69) is 9.97 Å². The van der Waals surface area contributed by atoms with Crippen LogP contribution in [0.5, 0.6) is 17.4 Å². The number of rotatable bonds is 7. The Labute approximate surface area is 149 Å². The second kappa shape index (κ2) is 8.24. The van der Waals surface area contributed by atoms with Crippen molar-refractivity contribution in [1.29, 1.82) is 0 Å². The Bertz CT molecular complexity index is 842. The summed E-state index contributed by atoms with van der Waals surface area (Å²) in [6.45, 7) is 0.909. The molecule has 1 aromatic heterocycles. The summed E-state index contributed by atoms with van der Waals surface area (Å²) < 4.78 is 37.0. The van der Waals surface area contributed by atoms with Crippen LogP contribution in [0.3, 0.4) is 0 Å². The summed E-state index contributed by atoms with van der Waals surface area (Å²) in [6, 6.07) is 13.1. The molecule has 5 nitrogen and oxygen atoms in total. The lowest BCUT2D eigenvalue weighted by atomic mass is 10.3. The summed E-state index contributed by atoms with van der Waals surface area (Å²) in [4.78, 5) is 10.3. The smallest absolute Gasteiger partial charge is 0.228 e. The van der Waals surface area contributed by atoms with Crippen LogP contribution in [0.25, 0.3) is 0 Å². The topological polar surface area (TPSA) is 47.5 Å². The Morgan fingerprint density at radius 3 is 2.15 bits per heavy atom. The van der Waals surface area contributed by atoms with Gasteiger partial charge in [-0.2, -0.15) is 4.98 Å². The molecule has 0 amide bonds. The van der Waals surface area contributed by atoms with Gasteiger partial charge in [-0.3, -0.25) is 0 Å². The summed E-state index contributed by atoms with van der Waals surface area (Å²) >= 11 is 0. The van der Waals surface area contributed by atoms with Crippen molar-refractivity contribution in [3.05, 3.63) is 72.4 Å². The second-order valence-electron chi connectivity index (χ2n) is 5.47. The highest BCUT2D eigenvalue weighted by atomic mass is 19.1. The summed E-state index contributed by atoms with van der Waals surface area (Å²) in [7, 11) is 1.82. The van der Waals surface area contributed by atoms with Crippen LogP contribution in [-0.2, 0) is 0 Å². The maximum absolute atomic E-state index is 12.9. The third-order valence-electron chi connectivity index (χ3n) is 3.50. The largest absolute Gasteiger partial charge is 0.492 e. The van der Waals surface area contributed by atoms with Crippen molar-refractivity contribution >= 4 is 5.95 Å². The lowest BCUT2D eigenvalue weighted by Gasteiger charge is -2.17. The van der Waals surface area contributed by atoms with Gasteiger partial charge in [0.05, 0.1) is 6.54 Å². The summed E-state index contributed by atoms with van der Waals surface area (Å²) in [6.07, 6.45) is 1.58. The van der Waals surface area contributed by atoms with E-state index in [-0.39, 0.29) is 11.6 Å². The Balaban J connectivity index is 1.56. The molecule has 0 spiro atoms. The minimum absolute atomic E-state index is 0.305. The molecule has 3 rings (SSSR count). The van der Waals surface area contributed by atoms with Crippen LogP contribution in [0.4, 0.5) is 14.7 Å². The standard InChI is InChI=1S/C19H17F2N3O2/c1-24(12-13-25-16-6-2-14(20)3-7-16)19-22-11-10-18(23-19)26-17-8-4-15(21)5-9-17/h2-11H,12-13H2,1H3. The number of hydrogen-bond acceptors (Lipinski definition) is 5. The van der Waals surface area contributed by atoms with Crippen LogP contribution in [0.1, 0.15) is 0 Å². The van der Waals surface area contributed by atoms with E-state index in [0.717, 1.165) is 0 Å². The van der Waals surface area contributed by atoms with E-state index in [1.54, 1.807) is 29.3 Å². The fourth-order valence-corrected chi connectivity index (χ4v) is 2.13. The first-order chi connectivity index (χ1) is 12.6. The van der Waals surface area contributed by atoms with Gasteiger partial charge in [0, 0.05) is 19.3 Å². The number of hydrogen-bond donors (Lipinski definition) is 0. The van der Waals surface area contributed by atoms with Crippen LogP contribution in [0.15, 0.2) is 60.8 Å². The van der Waals surface area contributed by atoms with Crippen molar-refractivity contribution in [2.75, 3.05) is 25.1 Å². The van der Waals surface area contributed by atoms with Crippen molar-refractivity contribution in [2.45, 2.75) is 0 Å². The molecule has 0 aliphatic rings. The summed E-state index contributed by atoms with van der Waals surface area (Å²) in [5.74, 6) is 1.26. The molecule has 0 saturated heterocycles. The summed E-state index contributed by atoms with van der Waals surface area (Å²) in [5.41, 5.74) is 0. The van der Waals surface area contributed by atoms with Gasteiger partial charge in [0.25, 0.3) is 0 Å². The summed E-state index contributed by atoms with van der Waals surface area (Å²) in [5, 5.41) is 0. The molecular weight excluding hydrogens is 340 g/mol. The second-order valence-corrected chi connectivity index (χ2v) is 5.47. The third-order valence-corrected chi connectivity index (χ3v) is 3.50. The number of ether oxygens (including phenoxy) is 2. The van der Waals surface area contributed by atoms with Crippen LogP contribution in [0.2, 0.25) is 0 Å². The molecule has 1 heterocycles. The maximum Gasteiger partial charge on any atom is 0.228 e. The molecule has 3 aromatic rings. The van der Waals surface area contributed by atoms with Gasteiger partial charge >= 0.3 is 0 Å². The molecule has 0 aliphatic carbocycles. The monoisotopic (exact) mass is 357 g/mol. The lowest BCUT2D eigenvalue weighted by molar-refractivity contribution is 0.324. The quantitative estimate of drug-likeness (QED) is 0.638. The molecule has 0 radical (unpaired) electrons. The molecule has 0 bridgehead atoms. The van der Waals surface area contributed by atoms with Gasteiger partial charge in [-0.15, -0.1) is 0 Å². The van der Waals surface area contributed by atoms with Gasteiger partial charge in [-0.05, 0) is 48.5 Å². The van der Waals surface area contributed by atoms with Crippen LogP contribution >= 0.6 is 0 Å². The molecule has 0 N–H and O–H groups in total. The highest BCUT2D eigenvalue weighted by molar-refractivity contribution is 5.33. The number of likely N-dealkylation sites (N-methyl/N-ethyl adjacent to an activating group) is 1. The Hall–Kier alpha value is -3.22. The van der Waals surface area contributed by atoms with Gasteiger partial charge in [-0.25, -0.2) is 13.8 Å². The predicted octanol–water partition coefficient (Wildman–Crippen LogP) is 4.06. The van der Waals surface area contributed by atoms with Crippen molar-refractivity contribution in [3.63, 3.8) is 0 Å². The van der Waals surface area contributed by atoms with E-state index in [1.165, 1.54) is 36.4 Å².